The maximum Gasteiger partial charge on any atom is 0.0991 e. The molecule has 0 fully saturated rings. The molecular formula is C12H13N3. The van der Waals surface area contributed by atoms with Gasteiger partial charge in [-0.05, 0) is 30.5 Å². The summed E-state index contributed by atoms with van der Waals surface area (Å²) in [5.41, 5.74) is 3.92. The molecule has 0 unspecified atom stereocenters. The van der Waals surface area contributed by atoms with E-state index >= 15 is 0 Å². The second kappa shape index (κ2) is 3.42. The van der Waals surface area contributed by atoms with Crippen LogP contribution in [0.1, 0.15) is 12.0 Å². The summed E-state index contributed by atoms with van der Waals surface area (Å²) in [5.74, 6) is 0. The van der Waals surface area contributed by atoms with Gasteiger partial charge in [-0.1, -0.05) is 6.07 Å². The largest absolute Gasteiger partial charge is 0.385 e. The van der Waals surface area contributed by atoms with Crippen LogP contribution in [0.2, 0.25) is 0 Å². The first kappa shape index (κ1) is 8.53. The number of nitrogens with zero attached hydrogens (tertiary/aromatic N) is 2. The number of rotatable bonds is 1. The molecule has 0 saturated heterocycles. The van der Waals surface area contributed by atoms with Crippen LogP contribution in [-0.4, -0.2) is 16.1 Å². The van der Waals surface area contributed by atoms with Crippen molar-refractivity contribution >= 4 is 5.69 Å². The second-order valence-electron chi connectivity index (χ2n) is 3.80. The Labute approximate surface area is 88.8 Å². The fourth-order valence-corrected chi connectivity index (χ4v) is 2.13. The van der Waals surface area contributed by atoms with E-state index in [0.717, 1.165) is 13.0 Å². The Hall–Kier alpha value is -1.77. The summed E-state index contributed by atoms with van der Waals surface area (Å²) in [6.07, 6.45) is 8.01. The molecule has 3 rings (SSSR count). The van der Waals surface area contributed by atoms with Crippen LogP contribution in [0.25, 0.3) is 5.69 Å². The molecule has 0 saturated carbocycles. The van der Waals surface area contributed by atoms with Crippen LogP contribution in [0.4, 0.5) is 5.69 Å². The van der Waals surface area contributed by atoms with Crippen LogP contribution >= 0.6 is 0 Å². The van der Waals surface area contributed by atoms with Gasteiger partial charge in [-0.15, -0.1) is 0 Å². The molecule has 0 atom stereocenters. The van der Waals surface area contributed by atoms with Crippen molar-refractivity contribution in [3.8, 4) is 5.69 Å². The lowest BCUT2D eigenvalue weighted by molar-refractivity contribution is 0.818. The standard InChI is InChI=1S/C12H13N3/c1-4-11-10(3-2-6-14-11)12(5-1)15-8-7-13-9-15/h1,4-5,7-9,14H,2-3,6H2. The lowest BCUT2D eigenvalue weighted by Crippen LogP contribution is -2.13. The Morgan fingerprint density at radius 1 is 1.33 bits per heavy atom. The van der Waals surface area contributed by atoms with Gasteiger partial charge in [0.2, 0.25) is 0 Å². The van der Waals surface area contributed by atoms with E-state index in [2.05, 4.69) is 33.1 Å². The highest BCUT2D eigenvalue weighted by Crippen LogP contribution is 2.27. The summed E-state index contributed by atoms with van der Waals surface area (Å²) in [4.78, 5) is 4.09. The van der Waals surface area contributed by atoms with Gasteiger partial charge in [-0.25, -0.2) is 4.98 Å². The van der Waals surface area contributed by atoms with Crippen molar-refractivity contribution < 1.29 is 0 Å². The molecule has 1 aliphatic rings. The Morgan fingerprint density at radius 3 is 3.20 bits per heavy atom. The normalized spacial score (nSPS) is 14.4. The molecule has 76 valence electrons. The van der Waals surface area contributed by atoms with E-state index in [9.17, 15) is 0 Å². The fourth-order valence-electron chi connectivity index (χ4n) is 2.13. The number of anilines is 1. The number of imidazole rings is 1. The van der Waals surface area contributed by atoms with Gasteiger partial charge in [-0.3, -0.25) is 0 Å². The van der Waals surface area contributed by atoms with E-state index in [1.807, 2.05) is 18.7 Å². The van der Waals surface area contributed by atoms with Crippen LogP contribution in [0.15, 0.2) is 36.9 Å². The zero-order chi connectivity index (χ0) is 10.1. The van der Waals surface area contributed by atoms with Crippen molar-refractivity contribution in [1.82, 2.24) is 9.55 Å². The van der Waals surface area contributed by atoms with Crippen molar-refractivity contribution in [3.63, 3.8) is 0 Å². The summed E-state index contributed by atoms with van der Waals surface area (Å²) < 4.78 is 2.08. The summed E-state index contributed by atoms with van der Waals surface area (Å²) in [6.45, 7) is 1.08. The number of nitrogens with one attached hydrogen (secondary N) is 1. The van der Waals surface area contributed by atoms with Gasteiger partial charge in [-0.2, -0.15) is 0 Å². The Balaban J connectivity index is 2.15. The molecule has 15 heavy (non-hydrogen) atoms. The minimum Gasteiger partial charge on any atom is -0.385 e. The number of fused-ring (bicyclic) bond motifs is 1. The van der Waals surface area contributed by atoms with Crippen LogP contribution in [0, 0.1) is 0 Å². The number of aromatic nitrogens is 2. The molecule has 2 aromatic rings. The van der Waals surface area contributed by atoms with Crippen LogP contribution in [0.5, 0.6) is 0 Å². The molecule has 0 amide bonds. The second-order valence-corrected chi connectivity index (χ2v) is 3.80. The van der Waals surface area contributed by atoms with Crippen LogP contribution in [-0.2, 0) is 6.42 Å². The molecule has 0 spiro atoms. The molecule has 3 heteroatoms. The van der Waals surface area contributed by atoms with Crippen molar-refractivity contribution in [2.24, 2.45) is 0 Å². The van der Waals surface area contributed by atoms with Crippen molar-refractivity contribution in [3.05, 3.63) is 42.5 Å². The number of hydrogen-bond acceptors (Lipinski definition) is 2. The predicted molar refractivity (Wildman–Crippen MR) is 60.4 cm³/mol. The van der Waals surface area contributed by atoms with Gasteiger partial charge >= 0.3 is 0 Å². The first-order valence-electron chi connectivity index (χ1n) is 5.29. The zero-order valence-corrected chi connectivity index (χ0v) is 8.48. The molecule has 0 aliphatic carbocycles. The minimum absolute atomic E-state index is 1.08. The summed E-state index contributed by atoms with van der Waals surface area (Å²) in [7, 11) is 0. The SMILES string of the molecule is c1cc2c(c(-n3ccnc3)c1)CCCN2. The first-order valence-corrected chi connectivity index (χ1v) is 5.29. The van der Waals surface area contributed by atoms with Gasteiger partial charge in [0, 0.05) is 24.6 Å². The third kappa shape index (κ3) is 1.40. The van der Waals surface area contributed by atoms with E-state index in [1.54, 1.807) is 0 Å². The van der Waals surface area contributed by atoms with Crippen molar-refractivity contribution in [1.29, 1.82) is 0 Å². The molecule has 1 aromatic heterocycles. The van der Waals surface area contributed by atoms with Crippen molar-refractivity contribution in [2.45, 2.75) is 12.8 Å². The fraction of sp³-hybridized carbons (Fsp3) is 0.250. The van der Waals surface area contributed by atoms with Gasteiger partial charge < -0.3 is 9.88 Å². The highest BCUT2D eigenvalue weighted by molar-refractivity contribution is 5.61. The predicted octanol–water partition coefficient (Wildman–Crippen LogP) is 2.23. The van der Waals surface area contributed by atoms with Gasteiger partial charge in [0.25, 0.3) is 0 Å². The van der Waals surface area contributed by atoms with E-state index in [4.69, 9.17) is 0 Å². The molecule has 0 radical (unpaired) electrons. The van der Waals surface area contributed by atoms with Crippen LogP contribution in [0.3, 0.4) is 0 Å². The number of hydrogen-bond donors (Lipinski definition) is 1. The monoisotopic (exact) mass is 199 g/mol. The smallest absolute Gasteiger partial charge is 0.0991 e. The molecule has 1 N–H and O–H groups in total. The molecule has 0 bridgehead atoms. The Bertz CT molecular complexity index is 460. The van der Waals surface area contributed by atoms with E-state index in [0.29, 0.717) is 0 Å². The lowest BCUT2D eigenvalue weighted by Gasteiger charge is -2.21. The summed E-state index contributed by atoms with van der Waals surface area (Å²) >= 11 is 0. The molecule has 1 aromatic carbocycles. The quantitative estimate of drug-likeness (QED) is 0.763. The van der Waals surface area contributed by atoms with E-state index in [-0.39, 0.29) is 0 Å². The average molecular weight is 199 g/mol. The average Bonchev–Trinajstić information content (AvgIpc) is 2.82. The van der Waals surface area contributed by atoms with Crippen LogP contribution < -0.4 is 5.32 Å². The van der Waals surface area contributed by atoms with E-state index in [1.165, 1.54) is 23.4 Å². The zero-order valence-electron chi connectivity index (χ0n) is 8.48. The number of benzene rings is 1. The molecular weight excluding hydrogens is 186 g/mol. The van der Waals surface area contributed by atoms with Gasteiger partial charge in [0.05, 0.1) is 12.0 Å². The summed E-state index contributed by atoms with van der Waals surface area (Å²) in [5, 5.41) is 3.43. The third-order valence-electron chi connectivity index (χ3n) is 2.85. The Kier molecular flexibility index (Phi) is 1.95. The Morgan fingerprint density at radius 2 is 2.33 bits per heavy atom. The van der Waals surface area contributed by atoms with E-state index < -0.39 is 0 Å². The molecule has 1 aliphatic heterocycles. The van der Waals surface area contributed by atoms with Crippen molar-refractivity contribution in [2.75, 3.05) is 11.9 Å². The van der Waals surface area contributed by atoms with Gasteiger partial charge in [0.15, 0.2) is 0 Å². The molecule has 2 heterocycles. The lowest BCUT2D eigenvalue weighted by atomic mass is 10.0. The topological polar surface area (TPSA) is 29.9 Å². The first-order chi connectivity index (χ1) is 7.45. The maximum absolute atomic E-state index is 4.09. The summed E-state index contributed by atoms with van der Waals surface area (Å²) in [6, 6.07) is 6.38. The minimum atomic E-state index is 1.08. The van der Waals surface area contributed by atoms with Gasteiger partial charge in [0.1, 0.15) is 0 Å². The highest BCUT2D eigenvalue weighted by Gasteiger charge is 2.12. The highest BCUT2D eigenvalue weighted by atomic mass is 15.0. The maximum atomic E-state index is 4.09. The third-order valence-corrected chi connectivity index (χ3v) is 2.85. The molecule has 3 nitrogen and oxygen atoms in total.